The molecule has 1 atom stereocenters. The highest BCUT2D eigenvalue weighted by Gasteiger charge is 2.22. The van der Waals surface area contributed by atoms with E-state index in [0.717, 1.165) is 0 Å². The van der Waals surface area contributed by atoms with Crippen molar-refractivity contribution in [1.82, 2.24) is 4.98 Å². The standard InChI is InChI=1S/C18H18BrClN2O5/c1-4-26-14-9-11(8-12(19)15(14)25-3)18(24)27-10(2)17(23)22-13-6-5-7-21-16(13)20/h5-10H,4H2,1-3H3,(H,22,23). The van der Waals surface area contributed by atoms with Crippen molar-refractivity contribution in [3.8, 4) is 11.5 Å². The minimum Gasteiger partial charge on any atom is -0.492 e. The zero-order chi connectivity index (χ0) is 20.0. The van der Waals surface area contributed by atoms with Crippen molar-refractivity contribution in [1.29, 1.82) is 0 Å². The summed E-state index contributed by atoms with van der Waals surface area (Å²) in [5.74, 6) is -0.360. The Balaban J connectivity index is 2.11. The zero-order valence-electron chi connectivity index (χ0n) is 14.9. The van der Waals surface area contributed by atoms with Crippen molar-refractivity contribution in [2.45, 2.75) is 20.0 Å². The van der Waals surface area contributed by atoms with E-state index in [1.54, 1.807) is 12.1 Å². The van der Waals surface area contributed by atoms with Gasteiger partial charge in [-0.1, -0.05) is 11.6 Å². The van der Waals surface area contributed by atoms with Crippen LogP contribution in [0.3, 0.4) is 0 Å². The summed E-state index contributed by atoms with van der Waals surface area (Å²) >= 11 is 9.23. The van der Waals surface area contributed by atoms with Gasteiger partial charge in [0.05, 0.1) is 29.4 Å². The second kappa shape index (κ2) is 9.57. The Kier molecular flexibility index (Phi) is 7.44. The molecule has 7 nitrogen and oxygen atoms in total. The number of hydrogen-bond acceptors (Lipinski definition) is 6. The first-order valence-corrected chi connectivity index (χ1v) is 9.17. The summed E-state index contributed by atoms with van der Waals surface area (Å²) in [5, 5.41) is 2.71. The van der Waals surface area contributed by atoms with Crippen molar-refractivity contribution >= 4 is 45.1 Å². The molecule has 2 rings (SSSR count). The molecule has 0 bridgehead atoms. The van der Waals surface area contributed by atoms with Gasteiger partial charge in [0.1, 0.15) is 0 Å². The van der Waals surface area contributed by atoms with Crippen LogP contribution in [0.15, 0.2) is 34.9 Å². The van der Waals surface area contributed by atoms with Crippen LogP contribution in [-0.4, -0.2) is 36.7 Å². The first-order valence-electron chi connectivity index (χ1n) is 8.00. The van der Waals surface area contributed by atoms with E-state index in [1.165, 1.54) is 32.4 Å². The number of rotatable bonds is 7. The lowest BCUT2D eigenvalue weighted by atomic mass is 10.2. The molecule has 0 saturated carbocycles. The Morgan fingerprint density at radius 2 is 2.11 bits per heavy atom. The van der Waals surface area contributed by atoms with E-state index >= 15 is 0 Å². The zero-order valence-corrected chi connectivity index (χ0v) is 17.3. The fourth-order valence-corrected chi connectivity index (χ4v) is 2.91. The molecule has 0 radical (unpaired) electrons. The quantitative estimate of drug-likeness (QED) is 0.498. The molecule has 2 aromatic rings. The van der Waals surface area contributed by atoms with Gasteiger partial charge in [-0.15, -0.1) is 0 Å². The maximum atomic E-state index is 12.4. The van der Waals surface area contributed by atoms with Gasteiger partial charge in [-0.05, 0) is 54.0 Å². The number of methoxy groups -OCH3 is 1. The molecule has 1 amide bonds. The Bertz CT molecular complexity index is 846. The van der Waals surface area contributed by atoms with Crippen LogP contribution in [0, 0.1) is 0 Å². The Hall–Kier alpha value is -2.32. The van der Waals surface area contributed by atoms with Crippen LogP contribution in [0.5, 0.6) is 11.5 Å². The van der Waals surface area contributed by atoms with Crippen LogP contribution in [0.4, 0.5) is 5.69 Å². The van der Waals surface area contributed by atoms with Crippen LogP contribution < -0.4 is 14.8 Å². The third-order valence-corrected chi connectivity index (χ3v) is 4.31. The molecule has 1 unspecified atom stereocenters. The third-order valence-electron chi connectivity index (χ3n) is 3.42. The number of halogens is 2. The third kappa shape index (κ3) is 5.33. The Morgan fingerprint density at radius 3 is 2.74 bits per heavy atom. The van der Waals surface area contributed by atoms with Crippen molar-refractivity contribution in [3.63, 3.8) is 0 Å². The molecule has 0 aliphatic carbocycles. The highest BCUT2D eigenvalue weighted by molar-refractivity contribution is 9.10. The van der Waals surface area contributed by atoms with Crippen LogP contribution in [0.2, 0.25) is 5.15 Å². The normalized spacial score (nSPS) is 11.4. The largest absolute Gasteiger partial charge is 0.492 e. The molecule has 1 N–H and O–H groups in total. The number of carbonyl (C=O) groups is 2. The molecule has 9 heteroatoms. The molecule has 0 aliphatic heterocycles. The predicted octanol–water partition coefficient (Wildman–Crippen LogP) is 4.09. The average molecular weight is 458 g/mol. The van der Waals surface area contributed by atoms with E-state index in [9.17, 15) is 9.59 Å². The number of hydrogen-bond donors (Lipinski definition) is 1. The minimum absolute atomic E-state index is 0.143. The second-order valence-electron chi connectivity index (χ2n) is 5.30. The molecular formula is C18H18BrClN2O5. The lowest BCUT2D eigenvalue weighted by molar-refractivity contribution is -0.123. The fourth-order valence-electron chi connectivity index (χ4n) is 2.14. The van der Waals surface area contributed by atoms with Gasteiger partial charge < -0.3 is 19.5 Å². The lowest BCUT2D eigenvalue weighted by Crippen LogP contribution is -2.30. The highest BCUT2D eigenvalue weighted by Crippen LogP contribution is 2.36. The van der Waals surface area contributed by atoms with Crippen LogP contribution in [-0.2, 0) is 9.53 Å². The second-order valence-corrected chi connectivity index (χ2v) is 6.51. The first-order chi connectivity index (χ1) is 12.9. The van der Waals surface area contributed by atoms with Crippen molar-refractivity contribution in [2.24, 2.45) is 0 Å². The smallest absolute Gasteiger partial charge is 0.339 e. The molecule has 1 aromatic heterocycles. The summed E-state index contributed by atoms with van der Waals surface area (Å²) in [5.41, 5.74) is 0.545. The first kappa shape index (κ1) is 21.0. The topological polar surface area (TPSA) is 86.8 Å². The molecule has 0 spiro atoms. The summed E-state index contributed by atoms with van der Waals surface area (Å²) in [6, 6.07) is 6.25. The maximum Gasteiger partial charge on any atom is 0.339 e. The van der Waals surface area contributed by atoms with Crippen molar-refractivity contribution in [3.05, 3.63) is 45.7 Å². The number of nitrogens with one attached hydrogen (secondary N) is 1. The predicted molar refractivity (Wildman–Crippen MR) is 105 cm³/mol. The molecule has 0 fully saturated rings. The van der Waals surface area contributed by atoms with E-state index in [-0.39, 0.29) is 10.7 Å². The van der Waals surface area contributed by atoms with Gasteiger partial charge in [0.25, 0.3) is 5.91 Å². The summed E-state index contributed by atoms with van der Waals surface area (Å²) in [7, 11) is 1.50. The van der Waals surface area contributed by atoms with Crippen LogP contribution >= 0.6 is 27.5 Å². The van der Waals surface area contributed by atoms with Gasteiger partial charge in [0.15, 0.2) is 22.8 Å². The molecule has 1 aromatic carbocycles. The number of ether oxygens (including phenoxy) is 3. The number of anilines is 1. The Labute approximate surface area is 170 Å². The van der Waals surface area contributed by atoms with Gasteiger partial charge in [-0.3, -0.25) is 4.79 Å². The lowest BCUT2D eigenvalue weighted by Gasteiger charge is -2.16. The van der Waals surface area contributed by atoms with Gasteiger partial charge in [-0.2, -0.15) is 0 Å². The average Bonchev–Trinajstić information content (AvgIpc) is 2.63. The number of benzene rings is 1. The Morgan fingerprint density at radius 1 is 1.37 bits per heavy atom. The number of pyridine rings is 1. The van der Waals surface area contributed by atoms with E-state index in [0.29, 0.717) is 28.3 Å². The van der Waals surface area contributed by atoms with Gasteiger partial charge in [0, 0.05) is 6.20 Å². The number of esters is 1. The highest BCUT2D eigenvalue weighted by atomic mass is 79.9. The van der Waals surface area contributed by atoms with Crippen molar-refractivity contribution < 1.29 is 23.8 Å². The molecule has 27 heavy (non-hydrogen) atoms. The molecule has 0 aliphatic rings. The van der Waals surface area contributed by atoms with E-state index in [4.69, 9.17) is 25.8 Å². The fraction of sp³-hybridized carbons (Fsp3) is 0.278. The minimum atomic E-state index is -1.05. The van der Waals surface area contributed by atoms with Gasteiger partial charge in [-0.25, -0.2) is 9.78 Å². The van der Waals surface area contributed by atoms with E-state index in [2.05, 4.69) is 26.2 Å². The van der Waals surface area contributed by atoms with E-state index < -0.39 is 18.0 Å². The monoisotopic (exact) mass is 456 g/mol. The van der Waals surface area contributed by atoms with E-state index in [1.807, 2.05) is 6.92 Å². The number of carbonyl (C=O) groups excluding carboxylic acids is 2. The number of aromatic nitrogens is 1. The van der Waals surface area contributed by atoms with Crippen LogP contribution in [0.1, 0.15) is 24.2 Å². The molecule has 0 saturated heterocycles. The van der Waals surface area contributed by atoms with Crippen molar-refractivity contribution in [2.75, 3.05) is 19.0 Å². The number of amides is 1. The summed E-state index contributed by atoms with van der Waals surface area (Å²) < 4.78 is 16.5. The molecule has 1 heterocycles. The van der Waals surface area contributed by atoms with Gasteiger partial charge in [0.2, 0.25) is 0 Å². The summed E-state index contributed by atoms with van der Waals surface area (Å²) in [6.45, 7) is 3.67. The summed E-state index contributed by atoms with van der Waals surface area (Å²) in [4.78, 5) is 28.5. The SMILES string of the molecule is CCOc1cc(C(=O)OC(C)C(=O)Nc2cccnc2Cl)cc(Br)c1OC. The molecule has 144 valence electrons. The maximum absolute atomic E-state index is 12.4. The molecular weight excluding hydrogens is 440 g/mol. The summed E-state index contributed by atoms with van der Waals surface area (Å²) in [6.07, 6.45) is 0.448. The van der Waals surface area contributed by atoms with Crippen LogP contribution in [0.25, 0.3) is 0 Å². The number of nitrogens with zero attached hydrogens (tertiary/aromatic N) is 1. The van der Waals surface area contributed by atoms with Gasteiger partial charge >= 0.3 is 5.97 Å².